The van der Waals surface area contributed by atoms with Gasteiger partial charge in [-0.3, -0.25) is 0 Å². The topological polar surface area (TPSA) is 66.4 Å². The molecule has 6 heteroatoms. The van der Waals surface area contributed by atoms with E-state index in [1.165, 1.54) is 6.07 Å². The summed E-state index contributed by atoms with van der Waals surface area (Å²) in [6.45, 7) is 7.95. The van der Waals surface area contributed by atoms with E-state index in [-0.39, 0.29) is 16.9 Å². The molecule has 20 heavy (non-hydrogen) atoms. The van der Waals surface area contributed by atoms with E-state index in [0.29, 0.717) is 22.7 Å². The molecular weight excluding hydrogens is 298 g/mol. The molecule has 0 aliphatic rings. The first kappa shape index (κ1) is 17.4. The molecule has 1 aromatic carbocycles. The standard InChI is InChI=1S/C14H22ClNO3S/c1-10-11(9-17)7-12(15)8-13(10)20(18,19)16-6-5-14(2,3)4/h7-8,16-17H,5-6,9H2,1-4H3. The summed E-state index contributed by atoms with van der Waals surface area (Å²) in [5, 5.41) is 9.54. The summed E-state index contributed by atoms with van der Waals surface area (Å²) in [6.07, 6.45) is 0.735. The summed E-state index contributed by atoms with van der Waals surface area (Å²) in [5.74, 6) is 0. The van der Waals surface area contributed by atoms with Crippen molar-refractivity contribution in [2.45, 2.75) is 45.6 Å². The van der Waals surface area contributed by atoms with Crippen LogP contribution in [0.25, 0.3) is 0 Å². The Balaban J connectivity index is 3.01. The Morgan fingerprint density at radius 2 is 1.90 bits per heavy atom. The normalized spacial score (nSPS) is 12.7. The second-order valence-electron chi connectivity index (χ2n) is 6.05. The minimum Gasteiger partial charge on any atom is -0.392 e. The number of aliphatic hydroxyl groups is 1. The molecular formula is C14H22ClNO3S. The first-order valence-electron chi connectivity index (χ1n) is 6.46. The maximum Gasteiger partial charge on any atom is 0.240 e. The lowest BCUT2D eigenvalue weighted by Crippen LogP contribution is -2.28. The van der Waals surface area contributed by atoms with Crippen LogP contribution in [0.2, 0.25) is 5.02 Å². The van der Waals surface area contributed by atoms with E-state index in [9.17, 15) is 13.5 Å². The van der Waals surface area contributed by atoms with Crippen molar-refractivity contribution < 1.29 is 13.5 Å². The highest BCUT2D eigenvalue weighted by Gasteiger charge is 2.20. The van der Waals surface area contributed by atoms with Gasteiger partial charge in [0.15, 0.2) is 0 Å². The molecule has 0 saturated carbocycles. The fraction of sp³-hybridized carbons (Fsp3) is 0.571. The van der Waals surface area contributed by atoms with E-state index in [4.69, 9.17) is 11.6 Å². The Labute approximate surface area is 126 Å². The Hall–Kier alpha value is -0.620. The van der Waals surface area contributed by atoms with E-state index < -0.39 is 10.0 Å². The molecule has 114 valence electrons. The van der Waals surface area contributed by atoms with E-state index >= 15 is 0 Å². The predicted molar refractivity (Wildman–Crippen MR) is 81.4 cm³/mol. The smallest absolute Gasteiger partial charge is 0.240 e. The molecule has 0 aromatic heterocycles. The van der Waals surface area contributed by atoms with Crippen molar-refractivity contribution in [1.82, 2.24) is 4.72 Å². The molecule has 0 atom stereocenters. The van der Waals surface area contributed by atoms with Crippen molar-refractivity contribution in [3.05, 3.63) is 28.3 Å². The van der Waals surface area contributed by atoms with Gasteiger partial charge in [-0.15, -0.1) is 0 Å². The van der Waals surface area contributed by atoms with E-state index in [0.717, 1.165) is 6.42 Å². The molecule has 0 heterocycles. The van der Waals surface area contributed by atoms with Gasteiger partial charge in [0.2, 0.25) is 10.0 Å². The third kappa shape index (κ3) is 4.74. The summed E-state index contributed by atoms with van der Waals surface area (Å²) in [6, 6.07) is 2.99. The maximum atomic E-state index is 12.3. The first-order valence-corrected chi connectivity index (χ1v) is 8.32. The summed E-state index contributed by atoms with van der Waals surface area (Å²) in [7, 11) is -3.61. The minimum absolute atomic E-state index is 0.0577. The van der Waals surface area contributed by atoms with Gasteiger partial charge >= 0.3 is 0 Å². The van der Waals surface area contributed by atoms with Crippen molar-refractivity contribution in [2.24, 2.45) is 5.41 Å². The van der Waals surface area contributed by atoms with Gasteiger partial charge < -0.3 is 5.11 Å². The van der Waals surface area contributed by atoms with Gasteiger partial charge in [-0.05, 0) is 42.0 Å². The Bertz CT molecular complexity index is 577. The van der Waals surface area contributed by atoms with Crippen LogP contribution in [-0.4, -0.2) is 20.1 Å². The minimum atomic E-state index is -3.61. The van der Waals surface area contributed by atoms with Gasteiger partial charge in [-0.1, -0.05) is 32.4 Å². The average Bonchev–Trinajstić information content (AvgIpc) is 2.29. The summed E-state index contributed by atoms with van der Waals surface area (Å²) in [4.78, 5) is 0.128. The van der Waals surface area contributed by atoms with Gasteiger partial charge in [0.05, 0.1) is 11.5 Å². The molecule has 0 bridgehead atoms. The fourth-order valence-corrected chi connectivity index (χ4v) is 3.44. The Morgan fingerprint density at radius 3 is 2.40 bits per heavy atom. The number of nitrogens with one attached hydrogen (secondary N) is 1. The van der Waals surface area contributed by atoms with Crippen LogP contribution in [0, 0.1) is 12.3 Å². The van der Waals surface area contributed by atoms with Gasteiger partial charge in [0, 0.05) is 11.6 Å². The molecule has 0 fully saturated rings. The second-order valence-corrected chi connectivity index (χ2v) is 8.23. The molecule has 4 nitrogen and oxygen atoms in total. The lowest BCUT2D eigenvalue weighted by Gasteiger charge is -2.19. The van der Waals surface area contributed by atoms with Crippen LogP contribution in [0.15, 0.2) is 17.0 Å². The van der Waals surface area contributed by atoms with E-state index in [1.54, 1.807) is 13.0 Å². The van der Waals surface area contributed by atoms with Crippen molar-refractivity contribution in [3.8, 4) is 0 Å². The van der Waals surface area contributed by atoms with E-state index in [2.05, 4.69) is 25.5 Å². The molecule has 0 aliphatic carbocycles. The highest BCUT2D eigenvalue weighted by atomic mass is 35.5. The molecule has 0 radical (unpaired) electrons. The average molecular weight is 320 g/mol. The highest BCUT2D eigenvalue weighted by Crippen LogP contribution is 2.25. The van der Waals surface area contributed by atoms with Gasteiger partial charge in [-0.2, -0.15) is 0 Å². The SMILES string of the molecule is Cc1c(CO)cc(Cl)cc1S(=O)(=O)NCCC(C)(C)C. The molecule has 0 amide bonds. The first-order chi connectivity index (χ1) is 9.07. The monoisotopic (exact) mass is 319 g/mol. The lowest BCUT2D eigenvalue weighted by molar-refractivity contribution is 0.280. The Morgan fingerprint density at radius 1 is 1.30 bits per heavy atom. The third-order valence-corrected chi connectivity index (χ3v) is 4.86. The number of hydrogen-bond donors (Lipinski definition) is 2. The highest BCUT2D eigenvalue weighted by molar-refractivity contribution is 7.89. The van der Waals surface area contributed by atoms with Crippen LogP contribution >= 0.6 is 11.6 Å². The number of sulfonamides is 1. The number of aliphatic hydroxyl groups excluding tert-OH is 1. The molecule has 0 aliphatic heterocycles. The molecule has 1 rings (SSSR count). The van der Waals surface area contributed by atoms with Crippen LogP contribution in [-0.2, 0) is 16.6 Å². The summed E-state index contributed by atoms with van der Waals surface area (Å²) in [5.41, 5.74) is 1.11. The molecule has 1 aromatic rings. The van der Waals surface area contributed by atoms with Crippen molar-refractivity contribution >= 4 is 21.6 Å². The fourth-order valence-electron chi connectivity index (χ4n) is 1.79. The van der Waals surface area contributed by atoms with Crippen LogP contribution in [0.1, 0.15) is 38.3 Å². The predicted octanol–water partition coefficient (Wildman–Crippen LogP) is 2.86. The van der Waals surface area contributed by atoms with Crippen molar-refractivity contribution in [2.75, 3.05) is 6.54 Å². The number of rotatable bonds is 5. The van der Waals surface area contributed by atoms with Crippen molar-refractivity contribution in [1.29, 1.82) is 0 Å². The van der Waals surface area contributed by atoms with Crippen LogP contribution in [0.4, 0.5) is 0 Å². The van der Waals surface area contributed by atoms with Crippen molar-refractivity contribution in [3.63, 3.8) is 0 Å². The quantitative estimate of drug-likeness (QED) is 0.877. The summed E-state index contributed by atoms with van der Waals surface area (Å²) < 4.78 is 27.2. The van der Waals surface area contributed by atoms with Crippen LogP contribution in [0.3, 0.4) is 0 Å². The Kier molecular flexibility index (Phi) is 5.61. The number of benzene rings is 1. The van der Waals surface area contributed by atoms with Crippen LogP contribution in [0.5, 0.6) is 0 Å². The lowest BCUT2D eigenvalue weighted by atomic mass is 9.93. The zero-order chi connectivity index (χ0) is 15.6. The number of hydrogen-bond acceptors (Lipinski definition) is 3. The van der Waals surface area contributed by atoms with Gasteiger partial charge in [0.1, 0.15) is 0 Å². The largest absolute Gasteiger partial charge is 0.392 e. The maximum absolute atomic E-state index is 12.3. The van der Waals surface area contributed by atoms with E-state index in [1.807, 2.05) is 0 Å². The second kappa shape index (κ2) is 6.43. The number of halogens is 1. The zero-order valence-electron chi connectivity index (χ0n) is 12.3. The van der Waals surface area contributed by atoms with Gasteiger partial charge in [-0.25, -0.2) is 13.1 Å². The summed E-state index contributed by atoms with van der Waals surface area (Å²) >= 11 is 5.91. The van der Waals surface area contributed by atoms with Crippen LogP contribution < -0.4 is 4.72 Å². The third-order valence-electron chi connectivity index (χ3n) is 3.06. The zero-order valence-corrected chi connectivity index (χ0v) is 13.9. The molecule has 0 spiro atoms. The molecule has 0 unspecified atom stereocenters. The molecule has 2 N–H and O–H groups in total. The van der Waals surface area contributed by atoms with Gasteiger partial charge in [0.25, 0.3) is 0 Å². The molecule has 0 saturated heterocycles.